The van der Waals surface area contributed by atoms with E-state index >= 15 is 0 Å². The van der Waals surface area contributed by atoms with Crippen molar-refractivity contribution in [2.24, 2.45) is 0 Å². The van der Waals surface area contributed by atoms with E-state index in [-0.39, 0.29) is 5.75 Å². The Morgan fingerprint density at radius 2 is 1.49 bits per heavy atom. The fourth-order valence-corrected chi connectivity index (χ4v) is 5.08. The lowest BCUT2D eigenvalue weighted by Gasteiger charge is -2.24. The highest BCUT2D eigenvalue weighted by atomic mass is 16.3. The van der Waals surface area contributed by atoms with Gasteiger partial charge in [0.15, 0.2) is 0 Å². The van der Waals surface area contributed by atoms with Gasteiger partial charge in [-0.05, 0) is 66.6 Å². The number of para-hydroxylation sites is 3. The number of aromatic nitrogens is 3. The Morgan fingerprint density at radius 1 is 0.744 bits per heavy atom. The highest BCUT2D eigenvalue weighted by Gasteiger charge is 2.19. The third kappa shape index (κ3) is 4.75. The third-order valence-corrected chi connectivity index (χ3v) is 6.97. The lowest BCUT2D eigenvalue weighted by molar-refractivity contribution is 0.476. The maximum absolute atomic E-state index is 10.7. The van der Waals surface area contributed by atoms with E-state index in [1.807, 2.05) is 60.8 Å². The van der Waals surface area contributed by atoms with Crippen LogP contribution in [0.3, 0.4) is 0 Å². The van der Waals surface area contributed by atoms with Crippen molar-refractivity contribution in [3.8, 4) is 28.3 Å². The van der Waals surface area contributed by atoms with Crippen molar-refractivity contribution in [2.45, 2.75) is 26.3 Å². The smallest absolute Gasteiger partial charge is 0.144 e. The molecule has 39 heavy (non-hydrogen) atoms. The Labute approximate surface area is 228 Å². The molecule has 0 aliphatic carbocycles. The van der Waals surface area contributed by atoms with Crippen LogP contribution in [0.1, 0.15) is 19.8 Å². The highest BCUT2D eigenvalue weighted by molar-refractivity contribution is 5.95. The zero-order chi connectivity index (χ0) is 26.6. The minimum Gasteiger partial charge on any atom is -0.507 e. The molecule has 5 heteroatoms. The summed E-state index contributed by atoms with van der Waals surface area (Å²) in [5, 5.41) is 10.7. The van der Waals surface area contributed by atoms with Gasteiger partial charge in [0, 0.05) is 29.7 Å². The van der Waals surface area contributed by atoms with Crippen molar-refractivity contribution in [3.63, 3.8) is 0 Å². The second kappa shape index (κ2) is 10.8. The van der Waals surface area contributed by atoms with Gasteiger partial charge < -0.3 is 9.67 Å². The van der Waals surface area contributed by atoms with Gasteiger partial charge in [-0.2, -0.15) is 0 Å². The molecule has 0 atom stereocenters. The molecule has 0 aliphatic heterocycles. The average Bonchev–Trinajstić information content (AvgIpc) is 3.36. The predicted molar refractivity (Wildman–Crippen MR) is 160 cm³/mol. The van der Waals surface area contributed by atoms with E-state index < -0.39 is 0 Å². The molecule has 0 spiro atoms. The third-order valence-electron chi connectivity index (χ3n) is 6.97. The van der Waals surface area contributed by atoms with Crippen LogP contribution in [0.4, 0.5) is 17.2 Å². The first kappa shape index (κ1) is 24.4. The number of pyridine rings is 1. The summed E-state index contributed by atoms with van der Waals surface area (Å²) in [4.78, 5) is 12.0. The molecule has 0 bridgehead atoms. The van der Waals surface area contributed by atoms with E-state index in [1.165, 1.54) is 0 Å². The second-order valence-corrected chi connectivity index (χ2v) is 9.54. The number of imidazole rings is 1. The van der Waals surface area contributed by atoms with E-state index in [0.717, 1.165) is 70.1 Å². The average molecular weight is 511 g/mol. The van der Waals surface area contributed by atoms with Crippen molar-refractivity contribution in [2.75, 3.05) is 4.90 Å². The molecule has 0 aliphatic rings. The normalized spacial score (nSPS) is 11.1. The molecule has 0 amide bonds. The van der Waals surface area contributed by atoms with Gasteiger partial charge >= 0.3 is 0 Å². The first-order valence-corrected chi connectivity index (χ1v) is 13.4. The van der Waals surface area contributed by atoms with Crippen molar-refractivity contribution >= 4 is 28.2 Å². The minimum atomic E-state index is 0.239. The summed E-state index contributed by atoms with van der Waals surface area (Å²) in [6.07, 6.45) is 3.92. The Balaban J connectivity index is 1.52. The largest absolute Gasteiger partial charge is 0.507 e. The van der Waals surface area contributed by atoms with Gasteiger partial charge in [-0.25, -0.2) is 9.97 Å². The highest BCUT2D eigenvalue weighted by Crippen LogP contribution is 2.38. The van der Waals surface area contributed by atoms with Crippen LogP contribution < -0.4 is 4.90 Å². The zero-order valence-corrected chi connectivity index (χ0v) is 21.9. The Bertz CT molecular complexity index is 1670. The monoisotopic (exact) mass is 510 g/mol. The molecule has 0 fully saturated rings. The molecule has 2 heterocycles. The molecular weight excluding hydrogens is 480 g/mol. The van der Waals surface area contributed by atoms with Gasteiger partial charge in [-0.15, -0.1) is 0 Å². The van der Waals surface area contributed by atoms with Crippen molar-refractivity contribution < 1.29 is 5.11 Å². The van der Waals surface area contributed by atoms with Crippen LogP contribution in [0.15, 0.2) is 121 Å². The maximum atomic E-state index is 10.7. The molecule has 4 aromatic carbocycles. The van der Waals surface area contributed by atoms with Gasteiger partial charge in [-0.3, -0.25) is 4.90 Å². The molecule has 6 aromatic rings. The quantitative estimate of drug-likeness (QED) is 0.222. The predicted octanol–water partition coefficient (Wildman–Crippen LogP) is 8.74. The number of anilines is 3. The summed E-state index contributed by atoms with van der Waals surface area (Å²) >= 11 is 0. The van der Waals surface area contributed by atoms with Crippen LogP contribution >= 0.6 is 0 Å². The fraction of sp³-hybridized carbons (Fsp3) is 0.118. The van der Waals surface area contributed by atoms with Gasteiger partial charge in [0.1, 0.15) is 17.4 Å². The molecule has 192 valence electrons. The Morgan fingerprint density at radius 3 is 2.28 bits per heavy atom. The number of aromatic hydroxyl groups is 1. The van der Waals surface area contributed by atoms with Crippen molar-refractivity contribution in [1.82, 2.24) is 14.5 Å². The number of phenolic OH excluding ortho intramolecular Hbond substituents is 1. The zero-order valence-electron chi connectivity index (χ0n) is 21.9. The molecule has 6 rings (SSSR count). The standard InChI is InChI=1S/C34H30N4O/c1-2-3-23-37-30-19-12-18-28(33(30)36-34(37)29-17-7-8-20-31(29)39)25-13-11-16-27(24-25)38(26-14-5-4-6-15-26)32-21-9-10-22-35-32/h4-22,24,39H,2-3,23H2,1H3. The van der Waals surface area contributed by atoms with Gasteiger partial charge in [-0.1, -0.05) is 74.0 Å². The number of aryl methyl sites for hydroxylation is 1. The lowest BCUT2D eigenvalue weighted by Crippen LogP contribution is -2.11. The SMILES string of the molecule is CCCCn1c(-c2ccccc2O)nc2c(-c3cccc(N(c4ccccc4)c4ccccn4)c3)cccc21. The number of phenols is 1. The van der Waals surface area contributed by atoms with Crippen LogP contribution in [0.2, 0.25) is 0 Å². The molecule has 0 saturated carbocycles. The summed E-state index contributed by atoms with van der Waals surface area (Å²) < 4.78 is 2.24. The summed E-state index contributed by atoms with van der Waals surface area (Å²) in [6, 6.07) is 38.6. The molecule has 0 radical (unpaired) electrons. The summed E-state index contributed by atoms with van der Waals surface area (Å²) in [5.41, 5.74) is 6.91. The summed E-state index contributed by atoms with van der Waals surface area (Å²) in [6.45, 7) is 3.03. The number of hydrogen-bond acceptors (Lipinski definition) is 4. The number of hydrogen-bond donors (Lipinski definition) is 1. The topological polar surface area (TPSA) is 54.2 Å². The second-order valence-electron chi connectivity index (χ2n) is 9.54. The number of unbranched alkanes of at least 4 members (excludes halogenated alkanes) is 1. The molecule has 5 nitrogen and oxygen atoms in total. The molecule has 1 N–H and O–H groups in total. The number of nitrogens with zero attached hydrogens (tertiary/aromatic N) is 4. The van der Waals surface area contributed by atoms with Crippen LogP contribution in [-0.4, -0.2) is 19.6 Å². The Hall–Kier alpha value is -4.90. The molecular formula is C34H30N4O. The lowest BCUT2D eigenvalue weighted by atomic mass is 10.0. The first-order valence-electron chi connectivity index (χ1n) is 13.4. The minimum absolute atomic E-state index is 0.239. The molecule has 2 aromatic heterocycles. The van der Waals surface area contributed by atoms with E-state index in [0.29, 0.717) is 0 Å². The summed E-state index contributed by atoms with van der Waals surface area (Å²) in [5.74, 6) is 1.88. The van der Waals surface area contributed by atoms with Gasteiger partial charge in [0.25, 0.3) is 0 Å². The van der Waals surface area contributed by atoms with E-state index in [4.69, 9.17) is 4.98 Å². The van der Waals surface area contributed by atoms with E-state index in [2.05, 4.69) is 76.0 Å². The summed E-state index contributed by atoms with van der Waals surface area (Å²) in [7, 11) is 0. The van der Waals surface area contributed by atoms with Crippen LogP contribution in [0.5, 0.6) is 5.75 Å². The van der Waals surface area contributed by atoms with E-state index in [9.17, 15) is 5.11 Å². The maximum Gasteiger partial charge on any atom is 0.144 e. The Kier molecular flexibility index (Phi) is 6.79. The van der Waals surface area contributed by atoms with Gasteiger partial charge in [0.05, 0.1) is 16.6 Å². The number of fused-ring (bicyclic) bond motifs is 1. The fourth-order valence-electron chi connectivity index (χ4n) is 5.08. The van der Waals surface area contributed by atoms with Gasteiger partial charge in [0.2, 0.25) is 0 Å². The number of rotatable bonds is 8. The van der Waals surface area contributed by atoms with Crippen LogP contribution in [0, 0.1) is 0 Å². The first-order chi connectivity index (χ1) is 19.2. The number of benzene rings is 4. The molecule has 0 unspecified atom stereocenters. The van der Waals surface area contributed by atoms with Crippen LogP contribution in [0.25, 0.3) is 33.5 Å². The van der Waals surface area contributed by atoms with E-state index in [1.54, 1.807) is 6.07 Å². The van der Waals surface area contributed by atoms with Crippen LogP contribution in [-0.2, 0) is 6.54 Å². The van der Waals surface area contributed by atoms with Crippen molar-refractivity contribution in [3.05, 3.63) is 121 Å². The van der Waals surface area contributed by atoms with Crippen molar-refractivity contribution in [1.29, 1.82) is 0 Å². The molecule has 0 saturated heterocycles.